The van der Waals surface area contributed by atoms with Gasteiger partial charge in [-0.15, -0.1) is 0 Å². The van der Waals surface area contributed by atoms with Crippen LogP contribution < -0.4 is 5.73 Å². The zero-order valence-corrected chi connectivity index (χ0v) is 13.2. The van der Waals surface area contributed by atoms with Crippen LogP contribution in [-0.4, -0.2) is 11.4 Å². The molecule has 0 saturated heterocycles. The van der Waals surface area contributed by atoms with Gasteiger partial charge in [0.05, 0.1) is 0 Å². The van der Waals surface area contributed by atoms with Crippen molar-refractivity contribution in [2.24, 2.45) is 0 Å². The molecule has 0 unspecified atom stereocenters. The minimum atomic E-state index is 0.844. The third-order valence-electron chi connectivity index (χ3n) is 3.73. The molecule has 112 valence electrons. The normalized spacial score (nSPS) is 11.0. The molecule has 0 atom stereocenters. The Morgan fingerprint density at radius 2 is 1.52 bits per heavy atom. The van der Waals surface area contributed by atoms with Crippen LogP contribution in [0.5, 0.6) is 0 Å². The molecule has 0 spiro atoms. The zero-order valence-electron chi connectivity index (χ0n) is 13.2. The summed E-state index contributed by atoms with van der Waals surface area (Å²) in [7, 11) is 0. The molecule has 0 aromatic heterocycles. The first-order valence-corrected chi connectivity index (χ1v) is 7.85. The molecule has 0 bridgehead atoms. The molecule has 0 aliphatic heterocycles. The summed E-state index contributed by atoms with van der Waals surface area (Å²) in [4.78, 5) is 2.48. The molecule has 2 aromatic rings. The van der Waals surface area contributed by atoms with Crippen molar-refractivity contribution in [1.82, 2.24) is 4.90 Å². The second-order valence-electron chi connectivity index (χ2n) is 5.63. The molecule has 0 radical (unpaired) electrons. The van der Waals surface area contributed by atoms with E-state index in [0.717, 1.165) is 38.2 Å². The smallest absolute Gasteiger partial charge is 0.0317 e. The Balaban J connectivity index is 2.04. The van der Waals surface area contributed by atoms with Crippen molar-refractivity contribution in [3.63, 3.8) is 0 Å². The lowest BCUT2D eigenvalue weighted by atomic mass is 10.1. The molecule has 0 aliphatic rings. The summed E-state index contributed by atoms with van der Waals surface area (Å²) in [5, 5.41) is 0. The van der Waals surface area contributed by atoms with Crippen LogP contribution in [0.2, 0.25) is 0 Å². The van der Waals surface area contributed by atoms with Crippen LogP contribution in [0.25, 0.3) is 0 Å². The summed E-state index contributed by atoms with van der Waals surface area (Å²) in [5.74, 6) is 0. The number of hydrogen-bond acceptors (Lipinski definition) is 2. The highest BCUT2D eigenvalue weighted by Crippen LogP contribution is 2.14. The SMILES string of the molecule is CCCN(Cc1ccc(CC)cc1)Cc1cccc(N)c1. The highest BCUT2D eigenvalue weighted by atomic mass is 15.1. The Hall–Kier alpha value is -1.80. The Labute approximate surface area is 128 Å². The first kappa shape index (κ1) is 15.6. The first-order chi connectivity index (χ1) is 10.2. The number of rotatable bonds is 7. The van der Waals surface area contributed by atoms with E-state index in [0.29, 0.717) is 0 Å². The maximum atomic E-state index is 5.87. The summed E-state index contributed by atoms with van der Waals surface area (Å²) in [5.41, 5.74) is 10.8. The van der Waals surface area contributed by atoms with E-state index in [4.69, 9.17) is 5.73 Å². The van der Waals surface area contributed by atoms with E-state index in [1.807, 2.05) is 12.1 Å². The number of hydrogen-bond donors (Lipinski definition) is 1. The van der Waals surface area contributed by atoms with Crippen molar-refractivity contribution >= 4 is 5.69 Å². The lowest BCUT2D eigenvalue weighted by molar-refractivity contribution is 0.257. The molecule has 0 fully saturated rings. The standard InChI is InChI=1S/C19H26N2/c1-3-12-21(15-18-6-5-7-19(20)13-18)14-17-10-8-16(4-2)9-11-17/h5-11,13H,3-4,12,14-15,20H2,1-2H3. The third kappa shape index (κ3) is 4.91. The van der Waals surface area contributed by atoms with Crippen molar-refractivity contribution in [2.75, 3.05) is 12.3 Å². The molecule has 2 aromatic carbocycles. The van der Waals surface area contributed by atoms with Crippen LogP contribution in [-0.2, 0) is 19.5 Å². The van der Waals surface area contributed by atoms with Crippen molar-refractivity contribution in [3.8, 4) is 0 Å². The van der Waals surface area contributed by atoms with E-state index < -0.39 is 0 Å². The topological polar surface area (TPSA) is 29.3 Å². The number of nitrogen functional groups attached to an aromatic ring is 1. The van der Waals surface area contributed by atoms with E-state index in [-0.39, 0.29) is 0 Å². The molecule has 2 rings (SSSR count). The van der Waals surface area contributed by atoms with E-state index in [9.17, 15) is 0 Å². The monoisotopic (exact) mass is 282 g/mol. The van der Waals surface area contributed by atoms with Gasteiger partial charge < -0.3 is 5.73 Å². The highest BCUT2D eigenvalue weighted by molar-refractivity contribution is 5.40. The Kier molecular flexibility index (Phi) is 5.82. The van der Waals surface area contributed by atoms with Gasteiger partial charge in [-0.1, -0.05) is 50.2 Å². The second kappa shape index (κ2) is 7.84. The zero-order chi connectivity index (χ0) is 15.1. The fraction of sp³-hybridized carbons (Fsp3) is 0.368. The number of anilines is 1. The minimum Gasteiger partial charge on any atom is -0.399 e. The molecule has 0 saturated carbocycles. The number of nitrogens with zero attached hydrogens (tertiary/aromatic N) is 1. The molecule has 0 aliphatic carbocycles. The van der Waals surface area contributed by atoms with Crippen molar-refractivity contribution in [1.29, 1.82) is 0 Å². The number of aryl methyl sites for hydroxylation is 1. The van der Waals surface area contributed by atoms with Crippen molar-refractivity contribution < 1.29 is 0 Å². The summed E-state index contributed by atoms with van der Waals surface area (Å²) in [6.45, 7) is 7.47. The molecule has 2 N–H and O–H groups in total. The maximum absolute atomic E-state index is 5.87. The van der Waals surface area contributed by atoms with Gasteiger partial charge in [-0.2, -0.15) is 0 Å². The van der Waals surface area contributed by atoms with Crippen molar-refractivity contribution in [2.45, 2.75) is 39.8 Å². The summed E-state index contributed by atoms with van der Waals surface area (Å²) >= 11 is 0. The van der Waals surface area contributed by atoms with Crippen LogP contribution in [0.3, 0.4) is 0 Å². The van der Waals surface area contributed by atoms with Gasteiger partial charge in [-0.25, -0.2) is 0 Å². The van der Waals surface area contributed by atoms with Gasteiger partial charge in [0.2, 0.25) is 0 Å². The Bertz CT molecular complexity index is 546. The van der Waals surface area contributed by atoms with Gasteiger partial charge >= 0.3 is 0 Å². The summed E-state index contributed by atoms with van der Waals surface area (Å²) < 4.78 is 0. The van der Waals surface area contributed by atoms with Crippen LogP contribution in [0.4, 0.5) is 5.69 Å². The van der Waals surface area contributed by atoms with Crippen LogP contribution >= 0.6 is 0 Å². The quantitative estimate of drug-likeness (QED) is 0.769. The molecule has 21 heavy (non-hydrogen) atoms. The molecule has 0 heterocycles. The Morgan fingerprint density at radius 1 is 0.857 bits per heavy atom. The molecular weight excluding hydrogens is 256 g/mol. The molecule has 2 heteroatoms. The van der Waals surface area contributed by atoms with E-state index in [1.165, 1.54) is 16.7 Å². The third-order valence-corrected chi connectivity index (χ3v) is 3.73. The van der Waals surface area contributed by atoms with E-state index in [2.05, 4.69) is 55.1 Å². The predicted octanol–water partition coefficient (Wildman–Crippen LogP) is 4.24. The molecule has 2 nitrogen and oxygen atoms in total. The average molecular weight is 282 g/mol. The fourth-order valence-electron chi connectivity index (χ4n) is 2.62. The van der Waals surface area contributed by atoms with E-state index >= 15 is 0 Å². The lowest BCUT2D eigenvalue weighted by Crippen LogP contribution is -2.23. The highest BCUT2D eigenvalue weighted by Gasteiger charge is 2.06. The van der Waals surface area contributed by atoms with Crippen LogP contribution in [0.1, 0.15) is 37.0 Å². The lowest BCUT2D eigenvalue weighted by Gasteiger charge is -2.22. The van der Waals surface area contributed by atoms with E-state index in [1.54, 1.807) is 0 Å². The van der Waals surface area contributed by atoms with Crippen LogP contribution in [0, 0.1) is 0 Å². The van der Waals surface area contributed by atoms with Gasteiger partial charge in [0.1, 0.15) is 0 Å². The van der Waals surface area contributed by atoms with Crippen LogP contribution in [0.15, 0.2) is 48.5 Å². The Morgan fingerprint density at radius 3 is 2.14 bits per heavy atom. The predicted molar refractivity (Wildman–Crippen MR) is 91.1 cm³/mol. The van der Waals surface area contributed by atoms with Crippen molar-refractivity contribution in [3.05, 3.63) is 65.2 Å². The van der Waals surface area contributed by atoms with Gasteiger partial charge in [-0.3, -0.25) is 4.90 Å². The molecular formula is C19H26N2. The van der Waals surface area contributed by atoms with Gasteiger partial charge in [-0.05, 0) is 48.2 Å². The first-order valence-electron chi connectivity index (χ1n) is 7.85. The summed E-state index contributed by atoms with van der Waals surface area (Å²) in [6, 6.07) is 17.2. The minimum absolute atomic E-state index is 0.844. The van der Waals surface area contributed by atoms with Gasteiger partial charge in [0.25, 0.3) is 0 Å². The number of benzene rings is 2. The largest absolute Gasteiger partial charge is 0.399 e. The maximum Gasteiger partial charge on any atom is 0.0317 e. The van der Waals surface area contributed by atoms with Gasteiger partial charge in [0, 0.05) is 18.8 Å². The average Bonchev–Trinajstić information content (AvgIpc) is 2.48. The number of nitrogens with two attached hydrogens (primary N) is 1. The van der Waals surface area contributed by atoms with Gasteiger partial charge in [0.15, 0.2) is 0 Å². The fourth-order valence-corrected chi connectivity index (χ4v) is 2.62. The summed E-state index contributed by atoms with van der Waals surface area (Å²) in [6.07, 6.45) is 2.26. The molecule has 0 amide bonds. The second-order valence-corrected chi connectivity index (χ2v) is 5.63.